The summed E-state index contributed by atoms with van der Waals surface area (Å²) in [5.74, 6) is -1.22. The van der Waals surface area contributed by atoms with E-state index in [1.807, 2.05) is 60.7 Å². The lowest BCUT2D eigenvalue weighted by Gasteiger charge is -2.17. The van der Waals surface area contributed by atoms with Crippen molar-refractivity contribution in [1.29, 1.82) is 0 Å². The van der Waals surface area contributed by atoms with Crippen molar-refractivity contribution in [3.05, 3.63) is 105 Å². The summed E-state index contributed by atoms with van der Waals surface area (Å²) in [6.07, 6.45) is 1.39. The number of ether oxygens (including phenoxy) is 1. The smallest absolute Gasteiger partial charge is 0.331 e. The molecular weight excluding hydrogens is 398 g/mol. The number of amides is 1. The van der Waals surface area contributed by atoms with Gasteiger partial charge in [0.25, 0.3) is 11.5 Å². The van der Waals surface area contributed by atoms with Gasteiger partial charge < -0.3 is 9.64 Å². The quantitative estimate of drug-likeness (QED) is 0.511. The Kier molecular flexibility index (Phi) is 7.16. The lowest BCUT2D eigenvalue weighted by molar-refractivity contribution is -0.152. The van der Waals surface area contributed by atoms with Gasteiger partial charge in [-0.05, 0) is 11.1 Å². The van der Waals surface area contributed by atoms with Gasteiger partial charge in [0.05, 0.1) is 6.54 Å². The van der Waals surface area contributed by atoms with Crippen LogP contribution in [0.3, 0.4) is 0 Å². The summed E-state index contributed by atoms with van der Waals surface area (Å²) in [5, 5.41) is 0. The van der Waals surface area contributed by atoms with Crippen LogP contribution >= 0.6 is 0 Å². The average Bonchev–Trinajstić information content (AvgIpc) is 2.78. The molecule has 0 fully saturated rings. The zero-order valence-corrected chi connectivity index (χ0v) is 17.1. The minimum absolute atomic E-state index is 0.262. The van der Waals surface area contributed by atoms with Gasteiger partial charge in [0.15, 0.2) is 6.61 Å². The van der Waals surface area contributed by atoms with Crippen molar-refractivity contribution in [2.75, 3.05) is 13.7 Å². The van der Waals surface area contributed by atoms with Crippen molar-refractivity contribution in [2.24, 2.45) is 0 Å². The van der Waals surface area contributed by atoms with Crippen molar-refractivity contribution in [3.63, 3.8) is 0 Å². The van der Waals surface area contributed by atoms with Crippen molar-refractivity contribution in [2.45, 2.75) is 19.6 Å². The highest BCUT2D eigenvalue weighted by Gasteiger charge is 2.15. The lowest BCUT2D eigenvalue weighted by atomic mass is 10.2. The van der Waals surface area contributed by atoms with Crippen molar-refractivity contribution in [1.82, 2.24) is 14.0 Å². The van der Waals surface area contributed by atoms with Crippen molar-refractivity contribution < 1.29 is 14.3 Å². The van der Waals surface area contributed by atoms with Crippen LogP contribution in [0.1, 0.15) is 11.1 Å². The first-order valence-corrected chi connectivity index (χ1v) is 9.72. The molecule has 3 aromatic rings. The molecule has 2 aromatic carbocycles. The minimum Gasteiger partial charge on any atom is -0.454 e. The van der Waals surface area contributed by atoms with Gasteiger partial charge in [0.1, 0.15) is 6.54 Å². The van der Waals surface area contributed by atoms with Crippen LogP contribution in [0.25, 0.3) is 0 Å². The number of hydrogen-bond donors (Lipinski definition) is 0. The Morgan fingerprint density at radius 3 is 2.16 bits per heavy atom. The molecule has 0 aliphatic rings. The minimum atomic E-state index is -0.835. The van der Waals surface area contributed by atoms with Gasteiger partial charge in [-0.1, -0.05) is 60.7 Å². The molecule has 3 rings (SSSR count). The molecule has 31 heavy (non-hydrogen) atoms. The first-order chi connectivity index (χ1) is 14.9. The van der Waals surface area contributed by atoms with E-state index in [0.717, 1.165) is 15.7 Å². The standard InChI is InChI=1S/C23H23N3O5/c1-24(14-18-8-4-2-5-9-18)21(28)17-31-22(29)16-26-20(27)12-13-25(23(26)30)15-19-10-6-3-7-11-19/h2-13H,14-17H2,1H3. The average molecular weight is 421 g/mol. The highest BCUT2D eigenvalue weighted by Crippen LogP contribution is 2.03. The number of benzene rings is 2. The summed E-state index contributed by atoms with van der Waals surface area (Å²) in [6.45, 7) is -0.401. The number of carbonyl (C=O) groups excluding carboxylic acids is 2. The number of carbonyl (C=O) groups is 2. The van der Waals surface area contributed by atoms with Crippen LogP contribution in [0.2, 0.25) is 0 Å². The van der Waals surface area contributed by atoms with Crippen LogP contribution in [0.4, 0.5) is 0 Å². The Morgan fingerprint density at radius 1 is 0.903 bits per heavy atom. The summed E-state index contributed by atoms with van der Waals surface area (Å²) in [6, 6.07) is 19.9. The van der Waals surface area contributed by atoms with Crippen LogP contribution in [0, 0.1) is 0 Å². The number of esters is 1. The molecule has 8 nitrogen and oxygen atoms in total. The van der Waals surface area contributed by atoms with Crippen LogP contribution < -0.4 is 11.2 Å². The van der Waals surface area contributed by atoms with Gasteiger partial charge >= 0.3 is 11.7 Å². The van der Waals surface area contributed by atoms with Crippen molar-refractivity contribution in [3.8, 4) is 0 Å². The fraction of sp³-hybridized carbons (Fsp3) is 0.217. The van der Waals surface area contributed by atoms with Gasteiger partial charge in [-0.2, -0.15) is 0 Å². The summed E-state index contributed by atoms with van der Waals surface area (Å²) in [7, 11) is 1.60. The molecule has 8 heteroatoms. The first-order valence-electron chi connectivity index (χ1n) is 9.72. The molecule has 0 bridgehead atoms. The Hall–Kier alpha value is -3.94. The van der Waals surface area contributed by atoms with Crippen LogP contribution in [0.15, 0.2) is 82.5 Å². The fourth-order valence-electron chi connectivity index (χ4n) is 2.98. The van der Waals surface area contributed by atoms with Gasteiger partial charge in [-0.15, -0.1) is 0 Å². The van der Waals surface area contributed by atoms with Gasteiger partial charge in [-0.3, -0.25) is 19.0 Å². The third-order valence-electron chi connectivity index (χ3n) is 4.67. The SMILES string of the molecule is CN(Cc1ccccc1)C(=O)COC(=O)Cn1c(=O)ccn(Cc2ccccc2)c1=O. The molecular formula is C23H23N3O5. The van der Waals surface area contributed by atoms with E-state index < -0.39 is 30.4 Å². The summed E-state index contributed by atoms with van der Waals surface area (Å²) in [5.41, 5.74) is 0.587. The molecule has 0 spiro atoms. The number of rotatable bonds is 8. The van der Waals surface area contributed by atoms with E-state index in [4.69, 9.17) is 4.74 Å². The molecule has 0 atom stereocenters. The molecule has 0 N–H and O–H groups in total. The molecule has 1 aromatic heterocycles. The highest BCUT2D eigenvalue weighted by atomic mass is 16.5. The predicted molar refractivity (Wildman–Crippen MR) is 114 cm³/mol. The van der Waals surface area contributed by atoms with Gasteiger partial charge in [-0.25, -0.2) is 9.36 Å². The second-order valence-electron chi connectivity index (χ2n) is 7.03. The molecule has 1 heterocycles. The first kappa shape index (κ1) is 21.8. The third-order valence-corrected chi connectivity index (χ3v) is 4.67. The van der Waals surface area contributed by atoms with E-state index in [9.17, 15) is 19.2 Å². The van der Waals surface area contributed by atoms with E-state index in [2.05, 4.69) is 0 Å². The van der Waals surface area contributed by atoms with E-state index in [0.29, 0.717) is 6.54 Å². The van der Waals surface area contributed by atoms with E-state index in [-0.39, 0.29) is 12.5 Å². The van der Waals surface area contributed by atoms with Crippen LogP contribution in [-0.2, 0) is 34.0 Å². The Morgan fingerprint density at radius 2 is 1.52 bits per heavy atom. The summed E-state index contributed by atoms with van der Waals surface area (Å²) >= 11 is 0. The largest absolute Gasteiger partial charge is 0.454 e. The molecule has 1 amide bonds. The Labute approximate surface area is 178 Å². The maximum Gasteiger partial charge on any atom is 0.331 e. The maximum absolute atomic E-state index is 12.6. The molecule has 0 aliphatic heterocycles. The van der Waals surface area contributed by atoms with Crippen LogP contribution in [0.5, 0.6) is 0 Å². The Balaban J connectivity index is 1.60. The second kappa shape index (κ2) is 10.2. The van der Waals surface area contributed by atoms with E-state index in [1.54, 1.807) is 7.05 Å². The summed E-state index contributed by atoms with van der Waals surface area (Å²) < 4.78 is 7.13. The Bertz CT molecular complexity index is 1150. The predicted octanol–water partition coefficient (Wildman–Crippen LogP) is 1.26. The molecule has 0 radical (unpaired) electrons. The topological polar surface area (TPSA) is 90.6 Å². The molecule has 0 aliphatic carbocycles. The third kappa shape index (κ3) is 6.02. The van der Waals surface area contributed by atoms with Gasteiger partial charge in [0, 0.05) is 25.9 Å². The van der Waals surface area contributed by atoms with E-state index in [1.165, 1.54) is 21.7 Å². The number of hydrogen-bond acceptors (Lipinski definition) is 5. The van der Waals surface area contributed by atoms with E-state index >= 15 is 0 Å². The lowest BCUT2D eigenvalue weighted by Crippen LogP contribution is -2.41. The molecule has 0 saturated carbocycles. The number of nitrogens with zero attached hydrogens (tertiary/aromatic N) is 3. The number of likely N-dealkylation sites (N-methyl/N-ethyl adjacent to an activating group) is 1. The second-order valence-corrected chi connectivity index (χ2v) is 7.03. The fourth-order valence-corrected chi connectivity index (χ4v) is 2.98. The molecule has 0 unspecified atom stereocenters. The van der Waals surface area contributed by atoms with Gasteiger partial charge in [0.2, 0.25) is 0 Å². The maximum atomic E-state index is 12.6. The highest BCUT2D eigenvalue weighted by molar-refractivity contribution is 5.80. The number of aromatic nitrogens is 2. The zero-order chi connectivity index (χ0) is 22.2. The zero-order valence-electron chi connectivity index (χ0n) is 17.1. The van der Waals surface area contributed by atoms with Crippen LogP contribution in [-0.4, -0.2) is 39.6 Å². The monoisotopic (exact) mass is 421 g/mol. The summed E-state index contributed by atoms with van der Waals surface area (Å²) in [4.78, 5) is 50.5. The molecule has 0 saturated heterocycles. The normalized spacial score (nSPS) is 10.5. The molecule has 160 valence electrons. The van der Waals surface area contributed by atoms with Crippen molar-refractivity contribution >= 4 is 11.9 Å².